The van der Waals surface area contributed by atoms with Gasteiger partial charge >= 0.3 is 42.7 Å². The number of nitrogens with two attached hydrogens (primary N) is 3. The molecule has 0 atom stereocenters. The van der Waals surface area contributed by atoms with E-state index in [-0.39, 0.29) is 135 Å². The Balaban J connectivity index is 0.00000160. The van der Waals surface area contributed by atoms with Gasteiger partial charge in [0.05, 0.1) is 89.2 Å². The van der Waals surface area contributed by atoms with E-state index >= 15 is 0 Å². The molecule has 694 valence electrons. The van der Waals surface area contributed by atoms with Gasteiger partial charge in [0.2, 0.25) is 28.0 Å². The number of thioether (sulfide) groups is 1. The van der Waals surface area contributed by atoms with Crippen molar-refractivity contribution in [2.24, 2.45) is 11.5 Å². The Kier molecular flexibility index (Phi) is 58.6. The number of carbonyl (C=O) groups is 7. The van der Waals surface area contributed by atoms with E-state index in [1.807, 2.05) is 109 Å². The number of allylic oxidation sites excluding steroid dienone is 3. The summed E-state index contributed by atoms with van der Waals surface area (Å²) in [5.74, 6) is -0.635. The van der Waals surface area contributed by atoms with E-state index in [9.17, 15) is 58.8 Å². The number of esters is 3. The van der Waals surface area contributed by atoms with E-state index in [1.165, 1.54) is 67.6 Å². The molecule has 0 aliphatic heterocycles. The van der Waals surface area contributed by atoms with Crippen molar-refractivity contribution in [3.8, 4) is 0 Å². The Labute approximate surface area is 789 Å². The zero-order valence-corrected chi connectivity index (χ0v) is 78.4. The van der Waals surface area contributed by atoms with Gasteiger partial charge in [-0.1, -0.05) is 235 Å². The Morgan fingerprint density at radius 3 is 1.26 bits per heavy atom. The molecule has 13 N–H and O–H groups in total. The van der Waals surface area contributed by atoms with Gasteiger partial charge in [-0.05, 0) is 136 Å². The third-order valence-corrected chi connectivity index (χ3v) is 22.2. The molecule has 3 amide bonds. The number of sulfone groups is 3. The molecule has 39 heteroatoms. The number of aryl methyl sites for hydroxylation is 3. The fraction of sp³-hybridized carbons (Fsp3) is 0.322. The maximum Gasteiger partial charge on any atom is 1.00 e. The number of ether oxygens (including phenoxy) is 3. The van der Waals surface area contributed by atoms with Crippen molar-refractivity contribution in [2.75, 3.05) is 62.7 Å². The van der Waals surface area contributed by atoms with Gasteiger partial charge < -0.3 is 63.4 Å². The summed E-state index contributed by atoms with van der Waals surface area (Å²) >= 11 is 7.88. The summed E-state index contributed by atoms with van der Waals surface area (Å²) in [6.07, 6.45) is 17.0. The largest absolute Gasteiger partial charge is 1.00 e. The maximum atomic E-state index is 12.4. The van der Waals surface area contributed by atoms with Crippen LogP contribution in [0.25, 0.3) is 0 Å². The number of nitrogen functional groups attached to an aromatic ring is 1. The van der Waals surface area contributed by atoms with Gasteiger partial charge in [0.1, 0.15) is 15.8 Å². The van der Waals surface area contributed by atoms with Gasteiger partial charge in [0, 0.05) is 48.4 Å². The van der Waals surface area contributed by atoms with Crippen LogP contribution in [-0.2, 0) is 170 Å². The number of anilines is 3. The third kappa shape index (κ3) is 54.9. The van der Waals surface area contributed by atoms with Gasteiger partial charge in [0.15, 0.2) is 35.3 Å². The molecule has 7 aromatic carbocycles. The number of alkyl halides is 1. The molecule has 31 nitrogen and oxygen atoms in total. The van der Waals surface area contributed by atoms with Crippen LogP contribution in [0.1, 0.15) is 129 Å². The fourth-order valence-corrected chi connectivity index (χ4v) is 15.9. The number of benzene rings is 7. The molecule has 10 aromatic rings. The van der Waals surface area contributed by atoms with Crippen LogP contribution in [0.5, 0.6) is 0 Å². The van der Waals surface area contributed by atoms with E-state index in [1.54, 1.807) is 103 Å². The predicted molar refractivity (Wildman–Crippen MR) is 510 cm³/mol. The standard InChI is InChI=1S/C28H30N6O4S2.C18H24N6OS.C11H14O4S.C11H14O2S.C10H11BrO2.C10H12O4S.2CH4.Li.2H2O/c1-40(37,38)19-22-11-7-10-21(16-22)18-26(36)30-28-34-33-27(39-28)13-6-5-12-23-14-15-24(32-31-23)29-25(35)17-20-8-3-2-4-9-20;19-14(8-4-5-9-17-23-24-18(21)26-17)10-11-15(20)22-16(25)12-13-6-2-1-3-7-13;1-15-11(12)7-9-4-3-5-10(6-9)8-16(2,13)14;1-13-11(12)7-9-4-3-5-10(6-9)8-14-2;1-13-10(12)6-8-3-2-4-9(5-8)7-11;1-15(13,14)7-9-4-2-3-8(5-9)6-10(11)12;;;;;/h2-4,7-11,14-16H,5-6,12-13,17-19H2,1H3,(H,29,32,35)(H,30,34,36);1-3,6-7,10-11H,4-5,8-9,12,19-20H2,(H2,21,24)(H,22,25);3-6H,7-8H2,1-2H3;3-6H,7-8H2,1-2H3;2-5H,6-7H2,1H3;2-5H,6-7H2,1H3,(H,11,12);2*1H4;;2*1H2/q;;;;;;;;+1;;/p-1/b;14-10-,15-11+;;;;;;;;;. The zero-order valence-electron chi connectivity index (χ0n) is 71.9. The molecule has 0 radical (unpaired) electrons. The molecular formula is C90H116BrLiN12O19S6. The van der Waals surface area contributed by atoms with Crippen LogP contribution in [0.15, 0.2) is 218 Å². The second-order valence-corrected chi connectivity index (χ2v) is 38.1. The number of carboxylic acid groups (broad SMARTS) is 1. The Morgan fingerprint density at radius 1 is 0.450 bits per heavy atom. The van der Waals surface area contributed by atoms with Crippen LogP contribution >= 0.6 is 50.4 Å². The van der Waals surface area contributed by atoms with Crippen LogP contribution in [0, 0.1) is 0 Å². The Bertz CT molecular complexity index is 5510. The summed E-state index contributed by atoms with van der Waals surface area (Å²) in [4.78, 5) is 80.0. The number of amides is 3. The number of rotatable bonds is 37. The Morgan fingerprint density at radius 2 is 0.829 bits per heavy atom. The molecule has 3 aromatic heterocycles. The second-order valence-electron chi connectivity index (χ2n) is 28.1. The van der Waals surface area contributed by atoms with Crippen molar-refractivity contribution in [3.05, 3.63) is 300 Å². The van der Waals surface area contributed by atoms with E-state index in [2.05, 4.69) is 89.0 Å². The summed E-state index contributed by atoms with van der Waals surface area (Å²) in [5.41, 5.74) is 29.2. The molecule has 0 unspecified atom stereocenters. The van der Waals surface area contributed by atoms with E-state index in [4.69, 9.17) is 22.3 Å². The van der Waals surface area contributed by atoms with Gasteiger partial charge in [-0.3, -0.25) is 33.6 Å². The monoisotopic (exact) mass is 1950 g/mol. The fourth-order valence-electron chi connectivity index (χ4n) is 11.3. The summed E-state index contributed by atoms with van der Waals surface area (Å²) in [6.45, 7) is 0. The molecule has 0 bridgehead atoms. The number of nitrogens with one attached hydrogen (secondary N) is 3. The first kappa shape index (κ1) is 118. The number of carbonyl (C=O) groups excluding carboxylic acids is 6. The minimum Gasteiger partial charge on any atom is -0.870 e. The molecule has 0 aliphatic carbocycles. The average Bonchev–Trinajstić information content (AvgIpc) is 1.85. The van der Waals surface area contributed by atoms with Crippen molar-refractivity contribution in [3.63, 3.8) is 0 Å². The molecule has 0 saturated carbocycles. The SMILES string of the molecule is C.C.COC(=O)Cc1cccc(CBr)c1.COC(=O)Cc1cccc(CS(C)(=O)=O)c1.COC(=O)Cc1cccc(CSC)c1.CS(=O)(=O)Cc1cccc(CC(=O)Nc2nnc(CCCCc3ccc(NC(=O)Cc4ccccc4)nn3)s2)c1.CS(=O)(=O)Cc1cccc(CC(=O)O)c1.N/C(=C\C=C(/N)NC(=O)Cc1ccccc1)CCCCc1nnc(N)s1.O.[Li+].[OH-]. The number of aliphatic carboxylic acids is 1. The minimum atomic E-state index is -3.15. The molecule has 129 heavy (non-hydrogen) atoms. The molecule has 0 fully saturated rings. The van der Waals surface area contributed by atoms with Gasteiger partial charge in [-0.25, -0.2) is 25.3 Å². The summed E-state index contributed by atoms with van der Waals surface area (Å²) in [6, 6.07) is 59.1. The van der Waals surface area contributed by atoms with Crippen molar-refractivity contribution in [2.45, 2.75) is 140 Å². The van der Waals surface area contributed by atoms with Crippen LogP contribution in [0.2, 0.25) is 0 Å². The number of carboxylic acids is 1. The van der Waals surface area contributed by atoms with Crippen molar-refractivity contribution in [1.82, 2.24) is 35.9 Å². The predicted octanol–water partition coefficient (Wildman–Crippen LogP) is 9.28. The number of aromatic nitrogens is 6. The van der Waals surface area contributed by atoms with E-state index < -0.39 is 35.5 Å². The molecule has 0 aliphatic rings. The summed E-state index contributed by atoms with van der Waals surface area (Å²) in [5, 5.41) is 44.6. The molecule has 3 heterocycles. The number of nitrogens with zero attached hydrogens (tertiary/aromatic N) is 6. The topological polar surface area (TPSA) is 523 Å². The third-order valence-electron chi connectivity index (χ3n) is 16.7. The van der Waals surface area contributed by atoms with Gasteiger partial charge in [-0.15, -0.1) is 25.5 Å². The Hall–Kier alpha value is -10.9. The first-order valence-electron chi connectivity index (χ1n) is 38.6. The average molecular weight is 1950 g/mol. The molecule has 0 spiro atoms. The van der Waals surface area contributed by atoms with Crippen LogP contribution in [-0.4, -0.2) is 160 Å². The number of methoxy groups -OCH3 is 3. The maximum absolute atomic E-state index is 12.4. The molecular weight excluding hydrogens is 1830 g/mol. The zero-order chi connectivity index (χ0) is 90.9. The van der Waals surface area contributed by atoms with Crippen molar-refractivity contribution in [1.29, 1.82) is 0 Å². The summed E-state index contributed by atoms with van der Waals surface area (Å²) < 4.78 is 81.0. The van der Waals surface area contributed by atoms with E-state index in [0.29, 0.717) is 56.9 Å². The van der Waals surface area contributed by atoms with Crippen molar-refractivity contribution >= 4 is 138 Å². The molecule has 10 rings (SSSR count). The van der Waals surface area contributed by atoms with E-state index in [0.717, 1.165) is 118 Å². The van der Waals surface area contributed by atoms with Crippen LogP contribution in [0.4, 0.5) is 16.1 Å². The first-order valence-corrected chi connectivity index (χ1v) is 48.9. The normalized spacial score (nSPS) is 10.7. The van der Waals surface area contributed by atoms with Crippen LogP contribution < -0.4 is 52.0 Å². The minimum absolute atomic E-state index is 0. The molecule has 0 saturated heterocycles. The second kappa shape index (κ2) is 64.0. The quantitative estimate of drug-likeness (QED) is 0.00476. The smallest absolute Gasteiger partial charge is 0.870 e. The number of unbranched alkanes of at least 4 members (excludes halogenated alkanes) is 2. The first-order chi connectivity index (χ1) is 59.0. The van der Waals surface area contributed by atoms with Crippen molar-refractivity contribution < 1.29 is 108 Å². The van der Waals surface area contributed by atoms with Gasteiger partial charge in [0.25, 0.3) is 0 Å². The van der Waals surface area contributed by atoms with Crippen LogP contribution in [0.3, 0.4) is 0 Å². The van der Waals surface area contributed by atoms with Gasteiger partial charge in [-0.2, -0.15) is 16.9 Å². The number of hydrogen-bond donors (Lipinski definition) is 7. The number of hydrogen-bond acceptors (Lipinski definition) is 29. The number of halogens is 1. The summed E-state index contributed by atoms with van der Waals surface area (Å²) in [7, 11) is -5.13.